The molecule has 0 spiro atoms. The van der Waals surface area contributed by atoms with E-state index in [4.69, 9.17) is 23.2 Å². The maximum Gasteiger partial charge on any atom is 0.244 e. The summed E-state index contributed by atoms with van der Waals surface area (Å²) in [5, 5.41) is 0. The van der Waals surface area contributed by atoms with E-state index in [1.807, 2.05) is 23.1 Å². The summed E-state index contributed by atoms with van der Waals surface area (Å²) < 4.78 is 0. The predicted molar refractivity (Wildman–Crippen MR) is 86.5 cm³/mol. The molecule has 3 atom stereocenters. The molecule has 2 aliphatic rings. The highest BCUT2D eigenvalue weighted by Crippen LogP contribution is 2.59. The molecule has 0 bridgehead atoms. The molecule has 1 unspecified atom stereocenters. The quantitative estimate of drug-likeness (QED) is 0.771. The Labute approximate surface area is 136 Å². The third-order valence-corrected chi connectivity index (χ3v) is 6.45. The van der Waals surface area contributed by atoms with E-state index >= 15 is 0 Å². The highest BCUT2D eigenvalue weighted by atomic mass is 35.5. The zero-order valence-corrected chi connectivity index (χ0v) is 14.0. The number of benzene rings is 1. The first kappa shape index (κ1) is 15.2. The highest BCUT2D eigenvalue weighted by Gasteiger charge is 2.65. The fourth-order valence-corrected chi connectivity index (χ4v) is 5.18. The van der Waals surface area contributed by atoms with Gasteiger partial charge in [0.25, 0.3) is 0 Å². The fourth-order valence-electron chi connectivity index (χ4n) is 4.01. The van der Waals surface area contributed by atoms with Gasteiger partial charge in [-0.3, -0.25) is 4.79 Å². The summed E-state index contributed by atoms with van der Waals surface area (Å²) in [5.74, 6) is 1.14. The Hall–Kier alpha value is -0.730. The van der Waals surface area contributed by atoms with Gasteiger partial charge in [0.05, 0.1) is 0 Å². The molecule has 2 nitrogen and oxygen atoms in total. The second-order valence-corrected chi connectivity index (χ2v) is 7.95. The lowest BCUT2D eigenvalue weighted by atomic mass is 9.75. The van der Waals surface area contributed by atoms with Crippen LogP contribution < -0.4 is 0 Å². The van der Waals surface area contributed by atoms with Crippen molar-refractivity contribution in [2.24, 2.45) is 17.3 Å². The smallest absolute Gasteiger partial charge is 0.244 e. The van der Waals surface area contributed by atoms with Crippen molar-refractivity contribution in [2.75, 3.05) is 12.4 Å². The summed E-state index contributed by atoms with van der Waals surface area (Å²) >= 11 is 12.9. The van der Waals surface area contributed by atoms with Gasteiger partial charge in [0.2, 0.25) is 5.91 Å². The molecule has 21 heavy (non-hydrogen) atoms. The summed E-state index contributed by atoms with van der Waals surface area (Å²) in [7, 11) is 0. The molecule has 0 radical (unpaired) electrons. The number of hydrogen-bond acceptors (Lipinski definition) is 1. The van der Waals surface area contributed by atoms with Gasteiger partial charge in [-0.05, 0) is 23.3 Å². The molecular weight excluding hydrogens is 305 g/mol. The Morgan fingerprint density at radius 3 is 2.52 bits per heavy atom. The van der Waals surface area contributed by atoms with E-state index < -0.39 is 4.87 Å². The maximum absolute atomic E-state index is 12.8. The number of halogens is 2. The van der Waals surface area contributed by atoms with Gasteiger partial charge in [0, 0.05) is 24.9 Å². The minimum Gasteiger partial charge on any atom is -0.336 e. The standard InChI is InChI=1S/C17H21Cl2NO/c1-16(2)13(9-18)8-17(19)14(16)11-20(15(17)21)10-12-6-4-3-5-7-12/h3-7,13-14H,8-11H2,1-2H3/t13?,14-,17-/m1/s1. The number of fused-ring (bicyclic) bond motifs is 1. The van der Waals surface area contributed by atoms with E-state index in [9.17, 15) is 4.79 Å². The molecule has 114 valence electrons. The lowest BCUT2D eigenvalue weighted by molar-refractivity contribution is -0.130. The summed E-state index contributed by atoms with van der Waals surface area (Å²) in [4.78, 5) is 14.0. The van der Waals surface area contributed by atoms with Crippen molar-refractivity contribution >= 4 is 29.1 Å². The third kappa shape index (κ3) is 2.27. The van der Waals surface area contributed by atoms with Gasteiger partial charge in [0.15, 0.2) is 0 Å². The van der Waals surface area contributed by atoms with Crippen LogP contribution >= 0.6 is 23.2 Å². The first-order valence-electron chi connectivity index (χ1n) is 7.47. The zero-order valence-electron chi connectivity index (χ0n) is 12.5. The summed E-state index contributed by atoms with van der Waals surface area (Å²) in [6.45, 7) is 5.78. The van der Waals surface area contributed by atoms with Gasteiger partial charge in [-0.15, -0.1) is 23.2 Å². The van der Waals surface area contributed by atoms with Crippen molar-refractivity contribution in [1.29, 1.82) is 0 Å². The van der Waals surface area contributed by atoms with E-state index in [0.717, 1.165) is 12.1 Å². The molecule has 1 aromatic rings. The first-order chi connectivity index (χ1) is 9.89. The summed E-state index contributed by atoms with van der Waals surface area (Å²) in [6.07, 6.45) is 0.694. The molecule has 4 heteroatoms. The molecular formula is C17H21Cl2NO. The normalized spacial score (nSPS) is 34.3. The number of nitrogens with zero attached hydrogens (tertiary/aromatic N) is 1. The van der Waals surface area contributed by atoms with E-state index in [1.54, 1.807) is 0 Å². The maximum atomic E-state index is 12.8. The number of likely N-dealkylation sites (tertiary alicyclic amines) is 1. The Bertz CT molecular complexity index is 545. The number of hydrogen-bond donors (Lipinski definition) is 0. The zero-order chi connectivity index (χ0) is 15.3. The number of amides is 1. The van der Waals surface area contributed by atoms with E-state index in [0.29, 0.717) is 24.8 Å². The molecule has 1 saturated heterocycles. The minimum atomic E-state index is -0.752. The molecule has 1 aromatic carbocycles. The summed E-state index contributed by atoms with van der Waals surface area (Å²) in [5.41, 5.74) is 1.16. The van der Waals surface area contributed by atoms with Crippen LogP contribution in [0.15, 0.2) is 30.3 Å². The van der Waals surface area contributed by atoms with Crippen molar-refractivity contribution in [3.63, 3.8) is 0 Å². The van der Waals surface area contributed by atoms with Crippen molar-refractivity contribution in [3.8, 4) is 0 Å². The van der Waals surface area contributed by atoms with Crippen LogP contribution in [-0.2, 0) is 11.3 Å². The minimum absolute atomic E-state index is 0.00456. The molecule has 1 aliphatic carbocycles. The van der Waals surface area contributed by atoms with Crippen LogP contribution in [0, 0.1) is 17.3 Å². The number of alkyl halides is 2. The number of carbonyl (C=O) groups is 1. The Kier molecular flexibility index (Phi) is 3.74. The van der Waals surface area contributed by atoms with Gasteiger partial charge in [0.1, 0.15) is 4.87 Å². The van der Waals surface area contributed by atoms with Crippen molar-refractivity contribution in [1.82, 2.24) is 4.90 Å². The highest BCUT2D eigenvalue weighted by molar-refractivity contribution is 6.36. The molecule has 1 amide bonds. The Morgan fingerprint density at radius 2 is 1.95 bits per heavy atom. The van der Waals surface area contributed by atoms with Crippen LogP contribution in [0.1, 0.15) is 25.8 Å². The van der Waals surface area contributed by atoms with Gasteiger partial charge in [-0.2, -0.15) is 0 Å². The van der Waals surface area contributed by atoms with E-state index in [1.165, 1.54) is 0 Å². The first-order valence-corrected chi connectivity index (χ1v) is 8.39. The van der Waals surface area contributed by atoms with Gasteiger partial charge in [-0.25, -0.2) is 0 Å². The van der Waals surface area contributed by atoms with E-state index in [-0.39, 0.29) is 17.2 Å². The predicted octanol–water partition coefficient (Wildman–Crippen LogP) is 3.91. The average Bonchev–Trinajstić information content (AvgIpc) is 2.82. The van der Waals surface area contributed by atoms with Crippen LogP contribution in [-0.4, -0.2) is 28.1 Å². The topological polar surface area (TPSA) is 20.3 Å². The Balaban J connectivity index is 1.84. The SMILES string of the molecule is CC1(C)C(CCl)C[C@]2(Cl)C(=O)N(Cc3ccccc3)C[C@H]12. The number of carbonyl (C=O) groups excluding carboxylic acids is 1. The van der Waals surface area contributed by atoms with Crippen LogP contribution in [0.5, 0.6) is 0 Å². The molecule has 3 rings (SSSR count). The van der Waals surface area contributed by atoms with Crippen LogP contribution in [0.4, 0.5) is 0 Å². The second-order valence-electron chi connectivity index (χ2n) is 6.96. The monoisotopic (exact) mass is 325 g/mol. The molecule has 1 heterocycles. The average molecular weight is 326 g/mol. The van der Waals surface area contributed by atoms with E-state index in [2.05, 4.69) is 26.0 Å². The molecule has 1 saturated carbocycles. The molecule has 0 aromatic heterocycles. The molecule has 0 N–H and O–H groups in total. The van der Waals surface area contributed by atoms with Gasteiger partial charge in [-0.1, -0.05) is 44.2 Å². The second kappa shape index (κ2) is 5.17. The van der Waals surface area contributed by atoms with Crippen LogP contribution in [0.3, 0.4) is 0 Å². The summed E-state index contributed by atoms with van der Waals surface area (Å²) in [6, 6.07) is 10.1. The van der Waals surface area contributed by atoms with Crippen LogP contribution in [0.2, 0.25) is 0 Å². The molecule has 1 aliphatic heterocycles. The van der Waals surface area contributed by atoms with Crippen molar-refractivity contribution in [3.05, 3.63) is 35.9 Å². The molecule has 2 fully saturated rings. The lowest BCUT2D eigenvalue weighted by Gasteiger charge is -2.32. The van der Waals surface area contributed by atoms with Crippen molar-refractivity contribution < 1.29 is 4.79 Å². The largest absolute Gasteiger partial charge is 0.336 e. The number of rotatable bonds is 3. The third-order valence-electron chi connectivity index (χ3n) is 5.49. The van der Waals surface area contributed by atoms with Gasteiger partial charge < -0.3 is 4.90 Å². The van der Waals surface area contributed by atoms with Crippen LogP contribution in [0.25, 0.3) is 0 Å². The van der Waals surface area contributed by atoms with Gasteiger partial charge >= 0.3 is 0 Å². The Morgan fingerprint density at radius 1 is 1.29 bits per heavy atom. The fraction of sp³-hybridized carbons (Fsp3) is 0.588. The lowest BCUT2D eigenvalue weighted by Crippen LogP contribution is -2.36. The van der Waals surface area contributed by atoms with Crippen molar-refractivity contribution in [2.45, 2.75) is 31.7 Å².